The van der Waals surface area contributed by atoms with Gasteiger partial charge in [0.2, 0.25) is 0 Å². The predicted molar refractivity (Wildman–Crippen MR) is 99.2 cm³/mol. The van der Waals surface area contributed by atoms with Crippen molar-refractivity contribution in [2.45, 2.75) is 45.1 Å². The first-order valence-corrected chi connectivity index (χ1v) is 10.2. The van der Waals surface area contributed by atoms with E-state index in [0.29, 0.717) is 27.7 Å². The van der Waals surface area contributed by atoms with Gasteiger partial charge in [0.05, 0.1) is 15.8 Å². The van der Waals surface area contributed by atoms with Gasteiger partial charge < -0.3 is 15.0 Å². The molecule has 5 nitrogen and oxygen atoms in total. The molecule has 1 aliphatic carbocycles. The minimum Gasteiger partial charge on any atom is -0.450 e. The largest absolute Gasteiger partial charge is 0.450 e. The SMILES string of the molecule is CCOC(=O)N1CCC(C[C@H](NC(=O)c2ccc(Cl)s2)C2CC2)CC1. The first-order valence-electron chi connectivity index (χ1n) is 9.04. The maximum absolute atomic E-state index is 12.4. The molecule has 2 heterocycles. The summed E-state index contributed by atoms with van der Waals surface area (Å²) in [4.78, 5) is 26.7. The molecule has 2 amide bonds. The van der Waals surface area contributed by atoms with E-state index in [1.807, 2.05) is 6.92 Å². The predicted octanol–water partition coefficient (Wildman–Crippen LogP) is 4.17. The molecule has 7 heteroatoms. The number of carbonyl (C=O) groups is 2. The number of carbonyl (C=O) groups excluding carboxylic acids is 2. The first-order chi connectivity index (χ1) is 12.1. The number of piperidine rings is 1. The van der Waals surface area contributed by atoms with Crippen LogP contribution in [0.25, 0.3) is 0 Å². The number of halogens is 1. The molecule has 0 unspecified atom stereocenters. The lowest BCUT2D eigenvalue weighted by Gasteiger charge is -2.33. The second-order valence-electron chi connectivity index (χ2n) is 6.89. The van der Waals surface area contributed by atoms with Crippen molar-refractivity contribution in [2.75, 3.05) is 19.7 Å². The normalized spacial score (nSPS) is 19.5. The van der Waals surface area contributed by atoms with Crippen molar-refractivity contribution in [3.63, 3.8) is 0 Å². The molecule has 1 saturated carbocycles. The smallest absolute Gasteiger partial charge is 0.409 e. The van der Waals surface area contributed by atoms with Crippen LogP contribution >= 0.6 is 22.9 Å². The molecule has 1 N–H and O–H groups in total. The van der Waals surface area contributed by atoms with Gasteiger partial charge in [-0.1, -0.05) is 11.6 Å². The van der Waals surface area contributed by atoms with Crippen LogP contribution in [-0.4, -0.2) is 42.6 Å². The molecular weight excluding hydrogens is 360 g/mol. The van der Waals surface area contributed by atoms with Gasteiger partial charge in [-0.05, 0) is 63.0 Å². The number of thiophene rings is 1. The Morgan fingerprint density at radius 3 is 2.60 bits per heavy atom. The Kier molecular flexibility index (Phi) is 6.23. The number of hydrogen-bond acceptors (Lipinski definition) is 4. The van der Waals surface area contributed by atoms with Crippen molar-refractivity contribution >= 4 is 34.9 Å². The van der Waals surface area contributed by atoms with Crippen LogP contribution in [0.5, 0.6) is 0 Å². The molecule has 0 spiro atoms. The second kappa shape index (κ2) is 8.41. The Bertz CT molecular complexity index is 609. The summed E-state index contributed by atoms with van der Waals surface area (Å²) >= 11 is 7.25. The Morgan fingerprint density at radius 2 is 2.04 bits per heavy atom. The van der Waals surface area contributed by atoms with Crippen molar-refractivity contribution in [1.29, 1.82) is 0 Å². The van der Waals surface area contributed by atoms with Crippen LogP contribution in [0.15, 0.2) is 12.1 Å². The highest BCUT2D eigenvalue weighted by atomic mass is 35.5. The quantitative estimate of drug-likeness (QED) is 0.800. The summed E-state index contributed by atoms with van der Waals surface area (Å²) in [6.45, 7) is 3.74. The van der Waals surface area contributed by atoms with Crippen LogP contribution < -0.4 is 5.32 Å². The van der Waals surface area contributed by atoms with E-state index in [4.69, 9.17) is 16.3 Å². The monoisotopic (exact) mass is 384 g/mol. The Morgan fingerprint density at radius 1 is 1.32 bits per heavy atom. The zero-order valence-corrected chi connectivity index (χ0v) is 16.1. The average Bonchev–Trinajstić information content (AvgIpc) is 3.36. The zero-order chi connectivity index (χ0) is 17.8. The number of amides is 2. The standard InChI is InChI=1S/C18H25ClN2O3S/c1-2-24-18(23)21-9-7-12(8-10-21)11-14(13-3-4-13)20-17(22)15-5-6-16(19)25-15/h5-6,12-14H,2-4,7-11H2,1H3,(H,20,22)/t14-/m0/s1. The maximum Gasteiger partial charge on any atom is 0.409 e. The lowest BCUT2D eigenvalue weighted by molar-refractivity contribution is 0.0868. The fraction of sp³-hybridized carbons (Fsp3) is 0.667. The van der Waals surface area contributed by atoms with E-state index >= 15 is 0 Å². The van der Waals surface area contributed by atoms with Crippen LogP contribution in [-0.2, 0) is 4.74 Å². The van der Waals surface area contributed by atoms with Gasteiger partial charge in [0.25, 0.3) is 5.91 Å². The summed E-state index contributed by atoms with van der Waals surface area (Å²) in [7, 11) is 0. The van der Waals surface area contributed by atoms with Crippen LogP contribution in [0.3, 0.4) is 0 Å². The topological polar surface area (TPSA) is 58.6 Å². The van der Waals surface area contributed by atoms with E-state index in [9.17, 15) is 9.59 Å². The van der Waals surface area contributed by atoms with E-state index in [-0.39, 0.29) is 18.0 Å². The summed E-state index contributed by atoms with van der Waals surface area (Å²) in [6.07, 6.45) is 5.12. The van der Waals surface area contributed by atoms with Gasteiger partial charge in [-0.3, -0.25) is 4.79 Å². The number of nitrogens with one attached hydrogen (secondary N) is 1. The Labute approximate surface area is 157 Å². The highest BCUT2D eigenvalue weighted by Crippen LogP contribution is 2.37. The van der Waals surface area contributed by atoms with Gasteiger partial charge in [-0.2, -0.15) is 0 Å². The summed E-state index contributed by atoms with van der Waals surface area (Å²) in [5.41, 5.74) is 0. The van der Waals surface area contributed by atoms with Gasteiger partial charge in [-0.15, -0.1) is 11.3 Å². The Hall–Kier alpha value is -1.27. The first kappa shape index (κ1) is 18.5. The molecule has 138 valence electrons. The highest BCUT2D eigenvalue weighted by molar-refractivity contribution is 7.18. The zero-order valence-electron chi connectivity index (χ0n) is 14.5. The lowest BCUT2D eigenvalue weighted by atomic mass is 9.88. The molecule has 1 aromatic rings. The average molecular weight is 385 g/mol. The van der Waals surface area contributed by atoms with Gasteiger partial charge in [0, 0.05) is 19.1 Å². The number of nitrogens with zero attached hydrogens (tertiary/aromatic N) is 1. The van der Waals surface area contributed by atoms with E-state index in [2.05, 4.69) is 5.32 Å². The number of likely N-dealkylation sites (tertiary alicyclic amines) is 1. The van der Waals surface area contributed by atoms with Crippen molar-refractivity contribution < 1.29 is 14.3 Å². The minimum absolute atomic E-state index is 0.0160. The van der Waals surface area contributed by atoms with E-state index in [1.54, 1.807) is 17.0 Å². The molecule has 1 saturated heterocycles. The second-order valence-corrected chi connectivity index (χ2v) is 8.60. The number of rotatable bonds is 6. The molecule has 2 aliphatic rings. The molecule has 0 radical (unpaired) electrons. The van der Waals surface area contributed by atoms with Crippen molar-refractivity contribution in [3.8, 4) is 0 Å². The van der Waals surface area contributed by atoms with Crippen LogP contribution in [0.1, 0.15) is 48.7 Å². The molecule has 3 rings (SSSR count). The molecule has 25 heavy (non-hydrogen) atoms. The summed E-state index contributed by atoms with van der Waals surface area (Å²) in [6, 6.07) is 3.77. The summed E-state index contributed by atoms with van der Waals surface area (Å²) < 4.78 is 5.71. The van der Waals surface area contributed by atoms with Crippen molar-refractivity contribution in [3.05, 3.63) is 21.3 Å². The van der Waals surface area contributed by atoms with Gasteiger partial charge in [-0.25, -0.2) is 4.79 Å². The van der Waals surface area contributed by atoms with Crippen LogP contribution in [0, 0.1) is 11.8 Å². The molecule has 1 atom stereocenters. The summed E-state index contributed by atoms with van der Waals surface area (Å²) in [5, 5.41) is 3.22. The molecule has 0 aromatic carbocycles. The van der Waals surface area contributed by atoms with E-state index in [1.165, 1.54) is 24.2 Å². The number of hydrogen-bond donors (Lipinski definition) is 1. The molecule has 1 aliphatic heterocycles. The third-order valence-corrected chi connectivity index (χ3v) is 6.26. The van der Waals surface area contributed by atoms with Crippen LogP contribution in [0.2, 0.25) is 4.34 Å². The van der Waals surface area contributed by atoms with E-state index in [0.717, 1.165) is 32.4 Å². The molecule has 2 fully saturated rings. The minimum atomic E-state index is -0.206. The molecule has 0 bridgehead atoms. The molecule has 1 aromatic heterocycles. The fourth-order valence-electron chi connectivity index (χ4n) is 3.47. The van der Waals surface area contributed by atoms with Gasteiger partial charge >= 0.3 is 6.09 Å². The van der Waals surface area contributed by atoms with Gasteiger partial charge in [0.15, 0.2) is 0 Å². The number of ether oxygens (including phenoxy) is 1. The fourth-order valence-corrected chi connectivity index (χ4v) is 4.42. The summed E-state index contributed by atoms with van der Waals surface area (Å²) in [5.74, 6) is 1.13. The maximum atomic E-state index is 12.4. The third kappa shape index (κ3) is 5.11. The third-order valence-electron chi connectivity index (χ3n) is 5.03. The van der Waals surface area contributed by atoms with Crippen LogP contribution in [0.4, 0.5) is 4.79 Å². The molecular formula is C18H25ClN2O3S. The lowest BCUT2D eigenvalue weighted by Crippen LogP contribution is -2.42. The van der Waals surface area contributed by atoms with Crippen molar-refractivity contribution in [1.82, 2.24) is 10.2 Å². The highest BCUT2D eigenvalue weighted by Gasteiger charge is 2.35. The van der Waals surface area contributed by atoms with Crippen molar-refractivity contribution in [2.24, 2.45) is 11.8 Å². The van der Waals surface area contributed by atoms with E-state index < -0.39 is 0 Å². The Balaban J connectivity index is 1.50. The van der Waals surface area contributed by atoms with Gasteiger partial charge in [0.1, 0.15) is 0 Å².